The summed E-state index contributed by atoms with van der Waals surface area (Å²) in [7, 11) is 0. The number of carbonyl (C=O) groups is 2. The molecule has 1 saturated heterocycles. The summed E-state index contributed by atoms with van der Waals surface area (Å²) in [4.78, 5) is 22.3. The Morgan fingerprint density at radius 3 is 2.42 bits per heavy atom. The van der Waals surface area contributed by atoms with Gasteiger partial charge in [-0.1, -0.05) is 0 Å². The van der Waals surface area contributed by atoms with Crippen molar-refractivity contribution in [3.63, 3.8) is 0 Å². The van der Waals surface area contributed by atoms with E-state index in [2.05, 4.69) is 10.6 Å². The highest BCUT2D eigenvalue weighted by Gasteiger charge is 2.27. The van der Waals surface area contributed by atoms with E-state index < -0.39 is 25.2 Å². The highest BCUT2D eigenvalue weighted by Crippen LogP contribution is 2.11. The predicted molar refractivity (Wildman–Crippen MR) is 65.0 cm³/mol. The number of nitrogens with one attached hydrogen (secondary N) is 3. The second-order valence-corrected chi connectivity index (χ2v) is 4.17. The fraction of sp³-hybridized carbons (Fsp3) is 0.800. The first kappa shape index (κ1) is 18.0. The molecule has 0 saturated carbocycles. The van der Waals surface area contributed by atoms with Crippen LogP contribution in [0.25, 0.3) is 0 Å². The van der Waals surface area contributed by atoms with Crippen molar-refractivity contribution in [2.24, 2.45) is 0 Å². The highest BCUT2D eigenvalue weighted by molar-refractivity contribution is 5.85. The third-order valence-corrected chi connectivity index (χ3v) is 2.53. The molecule has 9 heteroatoms. The Morgan fingerprint density at radius 2 is 1.89 bits per heavy atom. The highest BCUT2D eigenvalue weighted by atomic mass is 35.5. The van der Waals surface area contributed by atoms with Gasteiger partial charge in [-0.15, -0.1) is 12.4 Å². The molecule has 0 aromatic carbocycles. The molecule has 2 amide bonds. The van der Waals surface area contributed by atoms with Gasteiger partial charge in [0.25, 0.3) is 0 Å². The normalized spacial score (nSPS) is 18.6. The van der Waals surface area contributed by atoms with Crippen molar-refractivity contribution in [2.75, 3.05) is 19.6 Å². The van der Waals surface area contributed by atoms with Crippen molar-refractivity contribution in [2.45, 2.75) is 31.5 Å². The summed E-state index contributed by atoms with van der Waals surface area (Å²) in [6.45, 7) is -0.947. The smallest absolute Gasteiger partial charge is 0.347 e. The molecular formula is C10H17ClF3N3O2. The second-order valence-electron chi connectivity index (χ2n) is 4.17. The van der Waals surface area contributed by atoms with Gasteiger partial charge in [0.15, 0.2) is 0 Å². The van der Waals surface area contributed by atoms with Crippen LogP contribution < -0.4 is 16.0 Å². The molecular weight excluding hydrogens is 287 g/mol. The van der Waals surface area contributed by atoms with Gasteiger partial charge in [-0.05, 0) is 19.4 Å². The molecule has 1 heterocycles. The van der Waals surface area contributed by atoms with Gasteiger partial charge in [0.2, 0.25) is 11.8 Å². The van der Waals surface area contributed by atoms with Crippen molar-refractivity contribution in [3.05, 3.63) is 0 Å². The van der Waals surface area contributed by atoms with Crippen molar-refractivity contribution in [1.29, 1.82) is 0 Å². The zero-order valence-corrected chi connectivity index (χ0v) is 11.0. The van der Waals surface area contributed by atoms with Gasteiger partial charge >= 0.3 is 6.18 Å². The number of carbonyl (C=O) groups excluding carboxylic acids is 2. The number of hydrogen-bond donors (Lipinski definition) is 3. The Bertz CT molecular complexity index is 307. The lowest BCUT2D eigenvalue weighted by atomic mass is 10.1. The monoisotopic (exact) mass is 303 g/mol. The summed E-state index contributed by atoms with van der Waals surface area (Å²) >= 11 is 0. The first-order chi connectivity index (χ1) is 8.37. The summed E-state index contributed by atoms with van der Waals surface area (Å²) in [5.74, 6) is -1.18. The standard InChI is InChI=1S/C10H16F3N3O2.ClH/c11-10(12,13)6-16-9(18)5-15-8(17)4-7-2-1-3-14-7;/h7,14H,1-6H2,(H,15,17)(H,16,18);1H. The maximum atomic E-state index is 11.8. The van der Waals surface area contributed by atoms with Crippen LogP contribution in [-0.4, -0.2) is 43.7 Å². The van der Waals surface area contributed by atoms with Gasteiger partial charge in [-0.25, -0.2) is 0 Å². The topological polar surface area (TPSA) is 70.2 Å². The number of rotatable bonds is 5. The molecule has 1 rings (SSSR count). The Balaban J connectivity index is 0.00000324. The van der Waals surface area contributed by atoms with E-state index in [0.29, 0.717) is 0 Å². The average molecular weight is 304 g/mol. The van der Waals surface area contributed by atoms with E-state index in [1.54, 1.807) is 5.32 Å². The minimum absolute atomic E-state index is 0. The second kappa shape index (κ2) is 8.21. The van der Waals surface area contributed by atoms with E-state index in [9.17, 15) is 22.8 Å². The molecule has 0 bridgehead atoms. The largest absolute Gasteiger partial charge is 0.405 e. The van der Waals surface area contributed by atoms with Crippen molar-refractivity contribution < 1.29 is 22.8 Å². The quantitative estimate of drug-likeness (QED) is 0.686. The molecule has 0 aliphatic carbocycles. The van der Waals surface area contributed by atoms with Crippen LogP contribution in [0, 0.1) is 0 Å². The lowest BCUT2D eigenvalue weighted by Crippen LogP contribution is -2.42. The maximum Gasteiger partial charge on any atom is 0.405 e. The summed E-state index contributed by atoms with van der Waals surface area (Å²) < 4.78 is 35.3. The lowest BCUT2D eigenvalue weighted by molar-refractivity contribution is -0.138. The Morgan fingerprint density at radius 1 is 1.21 bits per heavy atom. The first-order valence-electron chi connectivity index (χ1n) is 5.70. The number of alkyl halides is 3. The van der Waals surface area contributed by atoms with Crippen molar-refractivity contribution in [3.8, 4) is 0 Å². The number of halogens is 4. The SMILES string of the molecule is Cl.O=C(CNC(=O)CC1CCCN1)NCC(F)(F)F. The molecule has 0 aromatic rings. The summed E-state index contributed by atoms with van der Waals surface area (Å²) in [5.41, 5.74) is 0. The first-order valence-corrected chi connectivity index (χ1v) is 5.70. The lowest BCUT2D eigenvalue weighted by Gasteiger charge is -2.11. The molecule has 1 unspecified atom stereocenters. The van der Waals surface area contributed by atoms with Crippen LogP contribution >= 0.6 is 12.4 Å². The van der Waals surface area contributed by atoms with E-state index >= 15 is 0 Å². The Kier molecular flexibility index (Phi) is 7.77. The predicted octanol–water partition coefficient (Wildman–Crippen LogP) is 0.345. The van der Waals surface area contributed by atoms with E-state index in [1.807, 2.05) is 0 Å². The van der Waals surface area contributed by atoms with E-state index in [0.717, 1.165) is 19.4 Å². The fourth-order valence-electron chi connectivity index (χ4n) is 1.67. The molecule has 0 spiro atoms. The molecule has 1 atom stereocenters. The zero-order chi connectivity index (χ0) is 13.6. The average Bonchev–Trinajstić information content (AvgIpc) is 2.75. The van der Waals surface area contributed by atoms with Crippen molar-refractivity contribution in [1.82, 2.24) is 16.0 Å². The molecule has 0 radical (unpaired) electrons. The molecule has 1 fully saturated rings. The van der Waals surface area contributed by atoms with Gasteiger partial charge in [0.05, 0.1) is 6.54 Å². The van der Waals surface area contributed by atoms with Crippen molar-refractivity contribution >= 4 is 24.2 Å². The molecule has 1 aliphatic rings. The minimum atomic E-state index is -4.44. The summed E-state index contributed by atoms with van der Waals surface area (Å²) in [6.07, 6.45) is -2.29. The minimum Gasteiger partial charge on any atom is -0.347 e. The van der Waals surface area contributed by atoms with E-state index in [-0.39, 0.29) is 30.8 Å². The molecule has 5 nitrogen and oxygen atoms in total. The van der Waals surface area contributed by atoms with Crippen LogP contribution in [0.1, 0.15) is 19.3 Å². The van der Waals surface area contributed by atoms with Gasteiger partial charge in [0, 0.05) is 12.5 Å². The molecule has 19 heavy (non-hydrogen) atoms. The maximum absolute atomic E-state index is 11.8. The third-order valence-electron chi connectivity index (χ3n) is 2.53. The molecule has 1 aliphatic heterocycles. The van der Waals surface area contributed by atoms with Gasteiger partial charge in [-0.3, -0.25) is 9.59 Å². The van der Waals surface area contributed by atoms with E-state index in [1.165, 1.54) is 0 Å². The number of amides is 2. The fourth-order valence-corrected chi connectivity index (χ4v) is 1.67. The van der Waals surface area contributed by atoms with Gasteiger partial charge < -0.3 is 16.0 Å². The van der Waals surface area contributed by atoms with Crippen LogP contribution in [0.5, 0.6) is 0 Å². The van der Waals surface area contributed by atoms with Crippen LogP contribution in [0.2, 0.25) is 0 Å². The molecule has 0 aromatic heterocycles. The summed E-state index contributed by atoms with van der Waals surface area (Å²) in [6, 6.07) is 0.100. The van der Waals surface area contributed by atoms with Crippen LogP contribution in [0.3, 0.4) is 0 Å². The number of hydrogen-bond acceptors (Lipinski definition) is 3. The van der Waals surface area contributed by atoms with Gasteiger partial charge in [-0.2, -0.15) is 13.2 Å². The third kappa shape index (κ3) is 8.66. The Labute approximate surface area is 115 Å². The van der Waals surface area contributed by atoms with Crippen LogP contribution in [0.4, 0.5) is 13.2 Å². The van der Waals surface area contributed by atoms with Crippen LogP contribution in [0.15, 0.2) is 0 Å². The van der Waals surface area contributed by atoms with Gasteiger partial charge in [0.1, 0.15) is 6.54 Å². The van der Waals surface area contributed by atoms with Crippen LogP contribution in [-0.2, 0) is 9.59 Å². The zero-order valence-electron chi connectivity index (χ0n) is 10.2. The summed E-state index contributed by atoms with van der Waals surface area (Å²) in [5, 5.41) is 7.07. The van der Waals surface area contributed by atoms with E-state index in [4.69, 9.17) is 0 Å². The Hall–Kier alpha value is -1.02. The molecule has 3 N–H and O–H groups in total. The molecule has 112 valence electrons.